The van der Waals surface area contributed by atoms with Crippen molar-refractivity contribution in [1.29, 1.82) is 0 Å². The second-order valence-electron chi connectivity index (χ2n) is 8.45. The van der Waals surface area contributed by atoms with E-state index in [0.29, 0.717) is 17.2 Å². The molecule has 0 spiro atoms. The molecule has 2 aromatic carbocycles. The number of hydrogen-bond donors (Lipinski definition) is 3. The molecule has 0 aliphatic heterocycles. The topological polar surface area (TPSA) is 105 Å². The Bertz CT molecular complexity index is 1200. The van der Waals surface area contributed by atoms with Crippen LogP contribution in [0.5, 0.6) is 0 Å². The fourth-order valence-electron chi connectivity index (χ4n) is 3.64. The van der Waals surface area contributed by atoms with Gasteiger partial charge < -0.3 is 16.2 Å². The van der Waals surface area contributed by atoms with Crippen molar-refractivity contribution in [2.45, 2.75) is 50.7 Å². The van der Waals surface area contributed by atoms with Gasteiger partial charge in [0, 0.05) is 35.3 Å². The minimum atomic E-state index is -4.70. The average Bonchev–Trinajstić information content (AvgIpc) is 3.61. The SMILES string of the molecule is CCC(C)N=CC(=CN)c1ccc(NC(=O)C2(c3ccc(C(F)(F)F)cc3F)CC2)cc1C(=O)O. The molecule has 10 heteroatoms. The quantitative estimate of drug-likeness (QED) is 0.341. The number of anilines is 1. The lowest BCUT2D eigenvalue weighted by Gasteiger charge is -2.18. The number of allylic oxidation sites excluding steroid dienone is 1. The van der Waals surface area contributed by atoms with Crippen LogP contribution in [0.1, 0.15) is 60.2 Å². The third-order valence-corrected chi connectivity index (χ3v) is 6.05. The molecule has 35 heavy (non-hydrogen) atoms. The van der Waals surface area contributed by atoms with Gasteiger partial charge in [0.25, 0.3) is 0 Å². The van der Waals surface area contributed by atoms with Gasteiger partial charge in [-0.2, -0.15) is 13.2 Å². The Morgan fingerprint density at radius 1 is 1.20 bits per heavy atom. The smallest absolute Gasteiger partial charge is 0.416 e. The van der Waals surface area contributed by atoms with Gasteiger partial charge in [0.1, 0.15) is 5.82 Å². The van der Waals surface area contributed by atoms with E-state index >= 15 is 0 Å². The molecule has 6 nitrogen and oxygen atoms in total. The number of rotatable bonds is 8. The maximum Gasteiger partial charge on any atom is 0.416 e. The van der Waals surface area contributed by atoms with E-state index in [9.17, 15) is 32.3 Å². The largest absolute Gasteiger partial charge is 0.478 e. The number of alkyl halides is 3. The lowest BCUT2D eigenvalue weighted by molar-refractivity contribution is -0.137. The van der Waals surface area contributed by atoms with Gasteiger partial charge in [-0.05, 0) is 56.0 Å². The fourth-order valence-corrected chi connectivity index (χ4v) is 3.64. The minimum Gasteiger partial charge on any atom is -0.478 e. The summed E-state index contributed by atoms with van der Waals surface area (Å²) < 4.78 is 53.1. The highest BCUT2D eigenvalue weighted by atomic mass is 19.4. The van der Waals surface area contributed by atoms with E-state index in [2.05, 4.69) is 10.3 Å². The Hall–Kier alpha value is -3.69. The van der Waals surface area contributed by atoms with Crippen LogP contribution in [0.2, 0.25) is 0 Å². The number of carboxylic acid groups (broad SMARTS) is 1. The molecule has 0 aromatic heterocycles. The summed E-state index contributed by atoms with van der Waals surface area (Å²) in [6.45, 7) is 3.85. The zero-order chi connectivity index (χ0) is 26.0. The van der Waals surface area contributed by atoms with Crippen LogP contribution in [0.4, 0.5) is 23.2 Å². The number of carbonyl (C=O) groups is 2. The van der Waals surface area contributed by atoms with Crippen LogP contribution in [0.25, 0.3) is 5.57 Å². The first-order valence-electron chi connectivity index (χ1n) is 10.9. The molecular formula is C25H25F4N3O3. The van der Waals surface area contributed by atoms with Crippen LogP contribution < -0.4 is 11.1 Å². The van der Waals surface area contributed by atoms with Crippen molar-refractivity contribution >= 4 is 29.4 Å². The van der Waals surface area contributed by atoms with Gasteiger partial charge in [-0.3, -0.25) is 9.79 Å². The number of nitrogens with zero attached hydrogens (tertiary/aromatic N) is 1. The number of nitrogens with two attached hydrogens (primary N) is 1. The van der Waals surface area contributed by atoms with Gasteiger partial charge in [0.05, 0.1) is 16.5 Å². The Balaban J connectivity index is 1.88. The number of carboxylic acids is 1. The van der Waals surface area contributed by atoms with Gasteiger partial charge in [-0.15, -0.1) is 0 Å². The van der Waals surface area contributed by atoms with Crippen molar-refractivity contribution in [3.05, 3.63) is 70.7 Å². The summed E-state index contributed by atoms with van der Waals surface area (Å²) in [6.07, 6.45) is -0.705. The molecule has 1 aliphatic rings. The molecule has 0 saturated heterocycles. The maximum absolute atomic E-state index is 14.5. The van der Waals surface area contributed by atoms with E-state index in [1.165, 1.54) is 30.6 Å². The molecule has 0 radical (unpaired) electrons. The van der Waals surface area contributed by atoms with Crippen molar-refractivity contribution in [3.8, 4) is 0 Å². The Morgan fingerprint density at radius 3 is 2.40 bits per heavy atom. The van der Waals surface area contributed by atoms with E-state index in [1.54, 1.807) is 0 Å². The average molecular weight is 491 g/mol. The Morgan fingerprint density at radius 2 is 1.89 bits per heavy atom. The van der Waals surface area contributed by atoms with Crippen molar-refractivity contribution in [3.63, 3.8) is 0 Å². The highest BCUT2D eigenvalue weighted by Gasteiger charge is 2.53. The molecular weight excluding hydrogens is 466 g/mol. The first-order chi connectivity index (χ1) is 16.4. The van der Waals surface area contributed by atoms with Crippen molar-refractivity contribution < 1.29 is 32.3 Å². The van der Waals surface area contributed by atoms with Crippen LogP contribution in [-0.4, -0.2) is 29.2 Å². The number of benzene rings is 2. The number of nitrogens with one attached hydrogen (secondary N) is 1. The molecule has 186 valence electrons. The summed E-state index contributed by atoms with van der Waals surface area (Å²) in [5.74, 6) is -3.01. The molecule has 0 heterocycles. The Labute approximate surface area is 199 Å². The van der Waals surface area contributed by atoms with Crippen molar-refractivity contribution in [2.75, 3.05) is 5.32 Å². The molecule has 2 aromatic rings. The Kier molecular flexibility index (Phi) is 7.33. The number of hydrogen-bond acceptors (Lipinski definition) is 4. The summed E-state index contributed by atoms with van der Waals surface area (Å²) in [5.41, 5.74) is 3.77. The number of amides is 1. The zero-order valence-electron chi connectivity index (χ0n) is 19.1. The number of carbonyl (C=O) groups excluding carboxylic acids is 1. The van der Waals surface area contributed by atoms with Crippen LogP contribution >= 0.6 is 0 Å². The zero-order valence-corrected chi connectivity index (χ0v) is 19.1. The van der Waals surface area contributed by atoms with Gasteiger partial charge in [0.2, 0.25) is 5.91 Å². The lowest BCUT2D eigenvalue weighted by atomic mass is 9.93. The van der Waals surface area contributed by atoms with Crippen molar-refractivity contribution in [1.82, 2.24) is 0 Å². The van der Waals surface area contributed by atoms with E-state index in [-0.39, 0.29) is 35.7 Å². The van der Waals surface area contributed by atoms with E-state index in [1.807, 2.05) is 13.8 Å². The summed E-state index contributed by atoms with van der Waals surface area (Å²) in [6, 6.07) is 6.29. The van der Waals surface area contributed by atoms with Gasteiger partial charge in [0.15, 0.2) is 0 Å². The van der Waals surface area contributed by atoms with Crippen LogP contribution in [0.15, 0.2) is 47.6 Å². The van der Waals surface area contributed by atoms with E-state index in [0.717, 1.165) is 18.6 Å². The van der Waals surface area contributed by atoms with E-state index < -0.39 is 34.8 Å². The molecule has 4 N–H and O–H groups in total. The summed E-state index contributed by atoms with van der Waals surface area (Å²) >= 11 is 0. The molecule has 1 atom stereocenters. The van der Waals surface area contributed by atoms with Crippen LogP contribution in [0.3, 0.4) is 0 Å². The third-order valence-electron chi connectivity index (χ3n) is 6.05. The standard InChI is InChI=1S/C25H25F4N3O3/c1-3-14(2)31-13-15(12-30)18-6-5-17(11-19(18)22(33)34)32-23(35)24(8-9-24)20-7-4-16(10-21(20)26)25(27,28)29/h4-7,10-14H,3,8-9,30H2,1-2H3,(H,32,35)(H,33,34). The molecule has 1 amide bonds. The number of aliphatic imine (C=N–C) groups is 1. The highest BCUT2D eigenvalue weighted by molar-refractivity contribution is 6.13. The second kappa shape index (κ2) is 9.89. The first-order valence-corrected chi connectivity index (χ1v) is 10.9. The first kappa shape index (κ1) is 25.9. The van der Waals surface area contributed by atoms with Gasteiger partial charge >= 0.3 is 12.1 Å². The lowest BCUT2D eigenvalue weighted by Crippen LogP contribution is -2.29. The third kappa shape index (κ3) is 5.52. The van der Waals surface area contributed by atoms with Gasteiger partial charge in [-0.1, -0.05) is 19.1 Å². The summed E-state index contributed by atoms with van der Waals surface area (Å²) in [4.78, 5) is 29.2. The molecule has 1 unspecified atom stereocenters. The molecule has 0 bridgehead atoms. The normalized spacial score (nSPS) is 16.2. The van der Waals surface area contributed by atoms with Crippen LogP contribution in [-0.2, 0) is 16.4 Å². The van der Waals surface area contributed by atoms with E-state index in [4.69, 9.17) is 5.73 Å². The molecule has 3 rings (SSSR count). The maximum atomic E-state index is 14.5. The van der Waals surface area contributed by atoms with Crippen LogP contribution in [0, 0.1) is 5.82 Å². The predicted octanol–water partition coefficient (Wildman–Crippen LogP) is 5.38. The number of aromatic carboxylic acids is 1. The monoisotopic (exact) mass is 491 g/mol. The molecule has 1 fully saturated rings. The minimum absolute atomic E-state index is 0.0112. The van der Waals surface area contributed by atoms with Gasteiger partial charge in [-0.25, -0.2) is 9.18 Å². The molecule has 1 aliphatic carbocycles. The highest BCUT2D eigenvalue weighted by Crippen LogP contribution is 2.50. The summed E-state index contributed by atoms with van der Waals surface area (Å²) in [7, 11) is 0. The molecule has 1 saturated carbocycles. The fraction of sp³-hybridized carbons (Fsp3) is 0.320. The van der Waals surface area contributed by atoms with Crippen molar-refractivity contribution in [2.24, 2.45) is 10.7 Å². The second-order valence-corrected chi connectivity index (χ2v) is 8.45. The summed E-state index contributed by atoms with van der Waals surface area (Å²) in [5, 5.41) is 12.3. The predicted molar refractivity (Wildman–Crippen MR) is 125 cm³/mol. The number of halogens is 4.